The molecule has 2 aliphatic heterocycles. The van der Waals surface area contributed by atoms with Crippen LogP contribution >= 0.6 is 0 Å². The van der Waals surface area contributed by atoms with Crippen molar-refractivity contribution < 1.29 is 4.42 Å². The Morgan fingerprint density at radius 1 is 0.439 bits per heavy atom. The third kappa shape index (κ3) is 6.08. The van der Waals surface area contributed by atoms with Crippen LogP contribution in [0.2, 0.25) is 0 Å². The zero-order chi connectivity index (χ0) is 45.9. The number of anilines is 6. The molecule has 4 heteroatoms. The highest BCUT2D eigenvalue weighted by molar-refractivity contribution is 7.00. The fourth-order valence-electron chi connectivity index (χ4n) is 12.4. The van der Waals surface area contributed by atoms with Gasteiger partial charge in [0.1, 0.15) is 11.2 Å². The van der Waals surface area contributed by atoms with Gasteiger partial charge in [-0.25, -0.2) is 0 Å². The molecule has 0 spiro atoms. The van der Waals surface area contributed by atoms with Crippen molar-refractivity contribution in [3.63, 3.8) is 0 Å². The van der Waals surface area contributed by atoms with Gasteiger partial charge in [-0.2, -0.15) is 0 Å². The lowest BCUT2D eigenvalue weighted by Crippen LogP contribution is -2.62. The summed E-state index contributed by atoms with van der Waals surface area (Å²) in [6.07, 6.45) is 4.74. The van der Waals surface area contributed by atoms with E-state index in [1.54, 1.807) is 0 Å². The molecule has 0 N–H and O–H groups in total. The van der Waals surface area contributed by atoms with Crippen molar-refractivity contribution in [2.24, 2.45) is 0 Å². The third-order valence-electron chi connectivity index (χ3n) is 16.8. The summed E-state index contributed by atoms with van der Waals surface area (Å²) in [6, 6.07) is 51.5. The van der Waals surface area contributed by atoms with Gasteiger partial charge in [-0.05, 0) is 175 Å². The van der Waals surface area contributed by atoms with Gasteiger partial charge in [0.05, 0.1) is 0 Å². The summed E-state index contributed by atoms with van der Waals surface area (Å²) in [5.41, 5.74) is 23.7. The van der Waals surface area contributed by atoms with Crippen LogP contribution in [0, 0.1) is 0 Å². The van der Waals surface area contributed by atoms with Crippen LogP contribution in [0.5, 0.6) is 0 Å². The van der Waals surface area contributed by atoms with Gasteiger partial charge in [0.15, 0.2) is 0 Å². The highest BCUT2D eigenvalue weighted by atomic mass is 16.3. The van der Waals surface area contributed by atoms with E-state index in [1.807, 2.05) is 6.07 Å². The van der Waals surface area contributed by atoms with E-state index in [0.29, 0.717) is 0 Å². The second-order valence-electron chi connectivity index (χ2n) is 23.9. The second kappa shape index (κ2) is 13.8. The Kier molecular flexibility index (Phi) is 8.65. The molecule has 0 saturated heterocycles. The fraction of sp³-hybridized carbons (Fsp3) is 0.323. The van der Waals surface area contributed by atoms with E-state index < -0.39 is 0 Å². The van der Waals surface area contributed by atoms with E-state index in [-0.39, 0.29) is 33.8 Å². The average Bonchev–Trinajstić information content (AvgIpc) is 3.67. The number of rotatable bonds is 3. The number of fused-ring (bicyclic) bond motifs is 9. The SMILES string of the molecule is CC(C)(C)c1ccc2c(c1)B1c3cc4c(cc3N(c3ccc5c(c3)C(C)(C)CCC5(C)C)c3cccc(c31)N2c1ccc(-c2ccc3oc5ccccc5c3c2)cc1)C(C)(C)CCC4(C)C. The Morgan fingerprint density at radius 2 is 1.00 bits per heavy atom. The fourth-order valence-corrected chi connectivity index (χ4v) is 12.4. The molecule has 0 unspecified atom stereocenters. The van der Waals surface area contributed by atoms with Crippen LogP contribution in [0.25, 0.3) is 33.1 Å². The Bertz CT molecular complexity index is 3320. The van der Waals surface area contributed by atoms with Gasteiger partial charge in [-0.3, -0.25) is 0 Å². The summed E-state index contributed by atoms with van der Waals surface area (Å²) in [6.45, 7) is 26.8. The molecule has 8 aromatic rings. The minimum atomic E-state index is -0.0160. The molecule has 0 saturated carbocycles. The number of hydrogen-bond donors (Lipinski definition) is 0. The normalized spacial score (nSPS) is 18.4. The minimum absolute atomic E-state index is 0.0160. The lowest BCUT2D eigenvalue weighted by Gasteiger charge is -2.48. The maximum atomic E-state index is 6.21. The first kappa shape index (κ1) is 41.4. The molecule has 0 atom stereocenters. The Hall–Kier alpha value is -6.00. The van der Waals surface area contributed by atoms with Crippen molar-refractivity contribution in [1.29, 1.82) is 0 Å². The monoisotopic (exact) mass is 863 g/mol. The van der Waals surface area contributed by atoms with Gasteiger partial charge in [0.25, 0.3) is 6.71 Å². The van der Waals surface area contributed by atoms with Crippen LogP contribution in [-0.2, 0) is 27.1 Å². The molecule has 1 aromatic heterocycles. The first-order chi connectivity index (χ1) is 31.3. The molecule has 3 nitrogen and oxygen atoms in total. The van der Waals surface area contributed by atoms with Crippen molar-refractivity contribution in [2.45, 2.75) is 129 Å². The van der Waals surface area contributed by atoms with Crippen LogP contribution in [0.3, 0.4) is 0 Å². The highest BCUT2D eigenvalue weighted by Crippen LogP contribution is 2.52. The number of furan rings is 1. The standard InChI is InChI=1S/C62H63BN2O/c1-58(2,3)40-22-27-51-49(34-40)63-50-36-47-48(62(10,11)32-31-61(47,8)9)37-54(50)65(42-25-26-45-46(35-42)60(6,7)30-29-59(45,4)5)53-17-14-16-52(57(53)63)64(51)41-23-19-38(20-24-41)39-21-28-56-44(33-39)43-15-12-13-18-55(43)66-56/h12-28,33-37H,29-32H2,1-11H3. The second-order valence-corrected chi connectivity index (χ2v) is 23.9. The number of para-hydroxylation sites is 1. The largest absolute Gasteiger partial charge is 0.456 e. The lowest BCUT2D eigenvalue weighted by molar-refractivity contribution is 0.332. The van der Waals surface area contributed by atoms with Crippen molar-refractivity contribution in [1.82, 2.24) is 0 Å². The molecule has 7 aromatic carbocycles. The summed E-state index contributed by atoms with van der Waals surface area (Å²) >= 11 is 0. The average molecular weight is 863 g/mol. The maximum Gasteiger partial charge on any atom is 0.252 e. The molecule has 0 bridgehead atoms. The molecule has 66 heavy (non-hydrogen) atoms. The zero-order valence-electron chi connectivity index (χ0n) is 40.9. The molecule has 0 amide bonds. The smallest absolute Gasteiger partial charge is 0.252 e. The quantitative estimate of drug-likeness (QED) is 0.165. The summed E-state index contributed by atoms with van der Waals surface area (Å²) in [7, 11) is 0. The van der Waals surface area contributed by atoms with Crippen molar-refractivity contribution >= 4 is 79.2 Å². The summed E-state index contributed by atoms with van der Waals surface area (Å²) in [4.78, 5) is 5.22. The van der Waals surface area contributed by atoms with E-state index in [2.05, 4.69) is 213 Å². The van der Waals surface area contributed by atoms with Gasteiger partial charge in [0, 0.05) is 44.9 Å². The van der Waals surface area contributed by atoms with Crippen LogP contribution in [-0.4, -0.2) is 6.71 Å². The first-order valence-corrected chi connectivity index (χ1v) is 24.5. The number of benzene rings is 7. The molecular formula is C62H63BN2O. The molecule has 0 radical (unpaired) electrons. The first-order valence-electron chi connectivity index (χ1n) is 24.5. The van der Waals surface area contributed by atoms with Crippen molar-refractivity contribution in [2.75, 3.05) is 9.80 Å². The Balaban J connectivity index is 1.09. The third-order valence-corrected chi connectivity index (χ3v) is 16.8. The van der Waals surface area contributed by atoms with E-state index in [1.165, 1.54) is 109 Å². The van der Waals surface area contributed by atoms with Crippen molar-refractivity contribution in [3.05, 3.63) is 161 Å². The molecule has 2 aliphatic carbocycles. The number of nitrogens with zero attached hydrogens (tertiary/aromatic N) is 2. The molecular weight excluding hydrogens is 800 g/mol. The Labute approximate surface area is 392 Å². The summed E-state index contributed by atoms with van der Waals surface area (Å²) in [5.74, 6) is 0. The minimum Gasteiger partial charge on any atom is -0.456 e. The lowest BCUT2D eigenvalue weighted by atomic mass is 9.33. The summed E-state index contributed by atoms with van der Waals surface area (Å²) in [5, 5.41) is 2.30. The predicted molar refractivity (Wildman–Crippen MR) is 282 cm³/mol. The van der Waals surface area contributed by atoms with Gasteiger partial charge < -0.3 is 14.2 Å². The highest BCUT2D eigenvalue weighted by Gasteiger charge is 2.47. The van der Waals surface area contributed by atoms with Crippen LogP contribution < -0.4 is 26.2 Å². The molecule has 3 heterocycles. The van der Waals surface area contributed by atoms with Crippen molar-refractivity contribution in [3.8, 4) is 11.1 Å². The molecule has 12 rings (SSSR count). The van der Waals surface area contributed by atoms with E-state index in [9.17, 15) is 0 Å². The van der Waals surface area contributed by atoms with E-state index in [4.69, 9.17) is 4.42 Å². The topological polar surface area (TPSA) is 19.6 Å². The molecule has 0 fully saturated rings. The molecule has 4 aliphatic rings. The van der Waals surface area contributed by atoms with Gasteiger partial charge >= 0.3 is 0 Å². The molecule has 330 valence electrons. The zero-order valence-corrected chi connectivity index (χ0v) is 40.9. The van der Waals surface area contributed by atoms with E-state index >= 15 is 0 Å². The van der Waals surface area contributed by atoms with Crippen LogP contribution in [0.15, 0.2) is 138 Å². The maximum absolute atomic E-state index is 6.21. The van der Waals surface area contributed by atoms with E-state index in [0.717, 1.165) is 27.6 Å². The van der Waals surface area contributed by atoms with Crippen LogP contribution in [0.4, 0.5) is 34.1 Å². The van der Waals surface area contributed by atoms with Gasteiger partial charge in [-0.15, -0.1) is 0 Å². The Morgan fingerprint density at radius 3 is 1.68 bits per heavy atom. The summed E-state index contributed by atoms with van der Waals surface area (Å²) < 4.78 is 6.21. The van der Waals surface area contributed by atoms with Gasteiger partial charge in [-0.1, -0.05) is 143 Å². The van der Waals surface area contributed by atoms with Crippen LogP contribution in [0.1, 0.15) is 130 Å². The number of hydrogen-bond acceptors (Lipinski definition) is 3. The van der Waals surface area contributed by atoms with Gasteiger partial charge in [0.2, 0.25) is 0 Å². The predicted octanol–water partition coefficient (Wildman–Crippen LogP) is 15.3.